The number of esters is 1. The van der Waals surface area contributed by atoms with Crippen LogP contribution < -0.4 is 0 Å². The number of hydrogen-bond acceptors (Lipinski definition) is 12. The molecular weight excluding hydrogens is 480 g/mol. The highest BCUT2D eigenvalue weighted by atomic mass is 16.8. The van der Waals surface area contributed by atoms with E-state index in [0.29, 0.717) is 6.42 Å². The van der Waals surface area contributed by atoms with Crippen LogP contribution in [0.5, 0.6) is 0 Å². The molecule has 12 heteroatoms. The van der Waals surface area contributed by atoms with Crippen molar-refractivity contribution in [2.24, 2.45) is 0 Å². The third-order valence-corrected chi connectivity index (χ3v) is 6.78. The summed E-state index contributed by atoms with van der Waals surface area (Å²) in [5.74, 6) is -2.91. The zero-order chi connectivity index (χ0) is 26.7. The third-order valence-electron chi connectivity index (χ3n) is 6.78. The van der Waals surface area contributed by atoms with Crippen molar-refractivity contribution in [2.45, 2.75) is 126 Å². The largest absolute Gasteiger partial charge is 0.454 e. The molecule has 2 saturated heterocycles. The van der Waals surface area contributed by atoms with Crippen LogP contribution in [-0.2, 0) is 23.7 Å². The molecule has 0 radical (unpaired) electrons. The molecule has 0 bridgehead atoms. The molecule has 2 heterocycles. The molecule has 2 rings (SSSR count). The van der Waals surface area contributed by atoms with E-state index in [9.17, 15) is 40.5 Å². The van der Waals surface area contributed by atoms with Gasteiger partial charge in [0, 0.05) is 6.42 Å². The van der Waals surface area contributed by atoms with Crippen molar-refractivity contribution in [3.63, 3.8) is 0 Å². The normalized spacial score (nSPS) is 36.8. The Morgan fingerprint density at radius 2 is 1.36 bits per heavy atom. The van der Waals surface area contributed by atoms with Gasteiger partial charge in [0.15, 0.2) is 12.4 Å². The minimum atomic E-state index is -2.24. The number of carbonyl (C=O) groups is 1. The lowest BCUT2D eigenvalue weighted by Crippen LogP contribution is -2.63. The van der Waals surface area contributed by atoms with Crippen LogP contribution in [0.2, 0.25) is 0 Å². The summed E-state index contributed by atoms with van der Waals surface area (Å²) in [6.07, 6.45) is -3.09. The second-order valence-electron chi connectivity index (χ2n) is 9.60. The Morgan fingerprint density at radius 1 is 0.778 bits per heavy atom. The summed E-state index contributed by atoms with van der Waals surface area (Å²) < 4.78 is 21.8. The highest BCUT2D eigenvalue weighted by Gasteiger charge is 2.60. The number of ether oxygens (including phenoxy) is 4. The van der Waals surface area contributed by atoms with E-state index in [2.05, 4.69) is 6.92 Å². The molecule has 0 saturated carbocycles. The highest BCUT2D eigenvalue weighted by molar-refractivity contribution is 5.69. The first-order chi connectivity index (χ1) is 17.2. The summed E-state index contributed by atoms with van der Waals surface area (Å²) in [7, 11) is 0. The van der Waals surface area contributed by atoms with Crippen LogP contribution in [0.15, 0.2) is 0 Å². The van der Waals surface area contributed by atoms with Crippen molar-refractivity contribution in [3.8, 4) is 0 Å². The molecule has 0 aromatic rings. The molecule has 2 fully saturated rings. The Hall–Kier alpha value is -0.930. The van der Waals surface area contributed by atoms with Gasteiger partial charge >= 0.3 is 5.97 Å². The van der Waals surface area contributed by atoms with Gasteiger partial charge in [-0.2, -0.15) is 0 Å². The molecule has 2 aliphatic rings. The van der Waals surface area contributed by atoms with E-state index in [1.54, 1.807) is 0 Å². The monoisotopic (exact) mass is 524 g/mol. The number of hydrogen-bond donors (Lipinski definition) is 7. The van der Waals surface area contributed by atoms with Gasteiger partial charge in [0.1, 0.15) is 43.2 Å². The fraction of sp³-hybridized carbons (Fsp3) is 0.958. The lowest BCUT2D eigenvalue weighted by molar-refractivity contribution is -0.383. The number of carbonyl (C=O) groups excluding carboxylic acids is 1. The van der Waals surface area contributed by atoms with E-state index in [0.717, 1.165) is 25.7 Å². The van der Waals surface area contributed by atoms with Crippen LogP contribution in [0, 0.1) is 0 Å². The molecule has 2 aliphatic heterocycles. The molecule has 0 aliphatic carbocycles. The minimum absolute atomic E-state index is 0.0599. The second-order valence-corrected chi connectivity index (χ2v) is 9.60. The maximum absolute atomic E-state index is 12.5. The van der Waals surface area contributed by atoms with E-state index in [4.69, 9.17) is 18.9 Å². The second kappa shape index (κ2) is 15.5. The van der Waals surface area contributed by atoms with Gasteiger partial charge < -0.3 is 54.7 Å². The van der Waals surface area contributed by atoms with Crippen LogP contribution in [-0.4, -0.2) is 116 Å². The van der Waals surface area contributed by atoms with E-state index < -0.39 is 80.6 Å². The van der Waals surface area contributed by atoms with E-state index >= 15 is 0 Å². The quantitative estimate of drug-likeness (QED) is 0.0970. The molecule has 0 spiro atoms. The fourth-order valence-corrected chi connectivity index (χ4v) is 4.55. The molecule has 7 N–H and O–H groups in total. The summed E-state index contributed by atoms with van der Waals surface area (Å²) in [6, 6.07) is 0. The standard InChI is InChI=1S/C24H44O12/c1-2-3-4-5-6-7-8-9-10-11-17(28)34-22-19(30)16(13-26)35-24(22,14-27)36-23-21(32)20(31)18(29)15(12-25)33-23/h15-16,18-23,25-27,29-32H,2-14H2,1H3/t15-,16-,18-,19-,20+,21-,22+,23-,24+/m1/s1. The Labute approximate surface area is 211 Å². The maximum atomic E-state index is 12.5. The van der Waals surface area contributed by atoms with Gasteiger partial charge in [-0.25, -0.2) is 0 Å². The van der Waals surface area contributed by atoms with E-state index in [-0.39, 0.29) is 6.42 Å². The molecule has 212 valence electrons. The Kier molecular flexibility index (Phi) is 13.4. The summed E-state index contributed by atoms with van der Waals surface area (Å²) in [4.78, 5) is 12.5. The molecule has 0 aromatic carbocycles. The zero-order valence-electron chi connectivity index (χ0n) is 21.0. The van der Waals surface area contributed by atoms with Gasteiger partial charge in [-0.3, -0.25) is 4.79 Å². The summed E-state index contributed by atoms with van der Waals surface area (Å²) in [6.45, 7) is -0.193. The third kappa shape index (κ3) is 8.03. The highest BCUT2D eigenvalue weighted by Crippen LogP contribution is 2.38. The Bertz CT molecular complexity index is 634. The first-order valence-corrected chi connectivity index (χ1v) is 13.0. The van der Waals surface area contributed by atoms with Crippen molar-refractivity contribution < 1.29 is 59.5 Å². The lowest BCUT2D eigenvalue weighted by Gasteiger charge is -2.43. The predicted molar refractivity (Wildman–Crippen MR) is 124 cm³/mol. The number of aliphatic hydroxyl groups is 7. The van der Waals surface area contributed by atoms with Gasteiger partial charge in [-0.15, -0.1) is 0 Å². The van der Waals surface area contributed by atoms with Crippen LogP contribution >= 0.6 is 0 Å². The number of aliphatic hydroxyl groups excluding tert-OH is 7. The molecule has 12 nitrogen and oxygen atoms in total. The van der Waals surface area contributed by atoms with E-state index in [1.165, 1.54) is 25.7 Å². The SMILES string of the molecule is CCCCCCCCCCCC(=O)O[C@H]1[C@H](O)[C@@H](CO)O[C@@]1(CO)O[C@H]1O[C@H](CO)[C@@H](O)[C@H](O)[C@H]1O. The predicted octanol–water partition coefficient (Wildman–Crippen LogP) is -0.924. The van der Waals surface area contributed by atoms with Crippen LogP contribution in [0.4, 0.5) is 0 Å². The van der Waals surface area contributed by atoms with Crippen LogP contribution in [0.25, 0.3) is 0 Å². The molecular formula is C24H44O12. The molecule has 36 heavy (non-hydrogen) atoms. The molecule has 0 amide bonds. The summed E-state index contributed by atoms with van der Waals surface area (Å²) >= 11 is 0. The van der Waals surface area contributed by atoms with Gasteiger partial charge in [0.2, 0.25) is 5.79 Å². The minimum Gasteiger partial charge on any atom is -0.454 e. The molecule has 9 atom stereocenters. The summed E-state index contributed by atoms with van der Waals surface area (Å²) in [5, 5.41) is 69.9. The molecule has 0 aromatic heterocycles. The van der Waals surface area contributed by atoms with Gasteiger partial charge in [0.25, 0.3) is 0 Å². The van der Waals surface area contributed by atoms with Crippen molar-refractivity contribution in [1.82, 2.24) is 0 Å². The van der Waals surface area contributed by atoms with Crippen molar-refractivity contribution >= 4 is 5.97 Å². The number of unbranched alkanes of at least 4 members (excludes halogenated alkanes) is 8. The number of rotatable bonds is 16. The van der Waals surface area contributed by atoms with Crippen molar-refractivity contribution in [3.05, 3.63) is 0 Å². The van der Waals surface area contributed by atoms with Gasteiger partial charge in [0.05, 0.1) is 13.2 Å². The van der Waals surface area contributed by atoms with Gasteiger partial charge in [-0.1, -0.05) is 58.3 Å². The zero-order valence-corrected chi connectivity index (χ0v) is 21.0. The average molecular weight is 525 g/mol. The van der Waals surface area contributed by atoms with Crippen molar-refractivity contribution in [2.75, 3.05) is 19.8 Å². The average Bonchev–Trinajstić information content (AvgIpc) is 3.14. The fourth-order valence-electron chi connectivity index (χ4n) is 4.55. The topological polar surface area (TPSA) is 196 Å². The Balaban J connectivity index is 1.96. The first kappa shape index (κ1) is 31.3. The smallest absolute Gasteiger partial charge is 0.306 e. The van der Waals surface area contributed by atoms with Crippen LogP contribution in [0.1, 0.15) is 71.1 Å². The lowest BCUT2D eigenvalue weighted by atomic mass is 9.99. The maximum Gasteiger partial charge on any atom is 0.306 e. The van der Waals surface area contributed by atoms with E-state index in [1.807, 2.05) is 0 Å². The van der Waals surface area contributed by atoms with Gasteiger partial charge in [-0.05, 0) is 6.42 Å². The molecule has 0 unspecified atom stereocenters. The summed E-state index contributed by atoms with van der Waals surface area (Å²) in [5.41, 5.74) is 0. The van der Waals surface area contributed by atoms with Crippen molar-refractivity contribution in [1.29, 1.82) is 0 Å². The Morgan fingerprint density at radius 3 is 1.92 bits per heavy atom. The van der Waals surface area contributed by atoms with Crippen LogP contribution in [0.3, 0.4) is 0 Å². The first-order valence-electron chi connectivity index (χ1n) is 13.0.